The van der Waals surface area contributed by atoms with Gasteiger partial charge in [-0.2, -0.15) is 0 Å². The molecule has 0 amide bonds. The fourth-order valence-electron chi connectivity index (χ4n) is 2.02. The van der Waals surface area contributed by atoms with Gasteiger partial charge in [-0.05, 0) is 25.5 Å². The van der Waals surface area contributed by atoms with Gasteiger partial charge in [0.15, 0.2) is 0 Å². The summed E-state index contributed by atoms with van der Waals surface area (Å²) in [5.74, 6) is 0. The van der Waals surface area contributed by atoms with Gasteiger partial charge >= 0.3 is 0 Å². The lowest BCUT2D eigenvalue weighted by Crippen LogP contribution is -2.27. The van der Waals surface area contributed by atoms with Crippen LogP contribution in [0.2, 0.25) is 0 Å². The summed E-state index contributed by atoms with van der Waals surface area (Å²) >= 11 is 0. The van der Waals surface area contributed by atoms with E-state index >= 15 is 0 Å². The van der Waals surface area contributed by atoms with Gasteiger partial charge in [-0.3, -0.25) is 4.98 Å². The van der Waals surface area contributed by atoms with Crippen molar-refractivity contribution in [3.05, 3.63) is 53.9 Å². The lowest BCUT2D eigenvalue weighted by atomic mass is 10.1. The van der Waals surface area contributed by atoms with Crippen LogP contribution in [0.5, 0.6) is 0 Å². The van der Waals surface area contributed by atoms with Crippen LogP contribution in [0, 0.1) is 6.92 Å². The van der Waals surface area contributed by atoms with Crippen molar-refractivity contribution in [1.29, 1.82) is 0 Å². The number of aromatic nitrogens is 1. The number of sulfonamides is 1. The van der Waals surface area contributed by atoms with Gasteiger partial charge in [-0.25, -0.2) is 13.1 Å². The molecule has 0 bridgehead atoms. The van der Waals surface area contributed by atoms with Gasteiger partial charge in [0.05, 0.1) is 5.69 Å². The Bertz CT molecular complexity index is 712. The molecule has 2 aromatic rings. The van der Waals surface area contributed by atoms with Crippen molar-refractivity contribution in [1.82, 2.24) is 9.71 Å². The highest BCUT2D eigenvalue weighted by molar-refractivity contribution is 7.89. The van der Waals surface area contributed by atoms with Gasteiger partial charge in [0.2, 0.25) is 10.0 Å². The number of anilines is 1. The summed E-state index contributed by atoms with van der Waals surface area (Å²) in [6, 6.07) is 9.08. The molecule has 0 saturated heterocycles. The molecule has 1 atom stereocenters. The SMILES string of the molecule is CNc1ccncc1S(=O)(=O)NC(C)c1ccc(C)cc1. The Labute approximate surface area is 125 Å². The first-order valence-corrected chi connectivity index (χ1v) is 8.13. The van der Waals surface area contributed by atoms with Crippen molar-refractivity contribution >= 4 is 15.7 Å². The standard InChI is InChI=1S/C15H19N3O2S/c1-11-4-6-13(7-5-11)12(2)18-21(19,20)15-10-17-9-8-14(15)16-3/h4-10,12,18H,1-3H3,(H,16,17). The second-order valence-corrected chi connectivity index (χ2v) is 6.56. The molecule has 0 radical (unpaired) electrons. The molecule has 0 aliphatic rings. The predicted octanol–water partition coefficient (Wildman–Crippen LogP) is 2.47. The molecule has 1 heterocycles. The molecular weight excluding hydrogens is 286 g/mol. The average molecular weight is 305 g/mol. The summed E-state index contributed by atoms with van der Waals surface area (Å²) in [5.41, 5.74) is 2.58. The molecule has 21 heavy (non-hydrogen) atoms. The van der Waals surface area contributed by atoms with Crippen molar-refractivity contribution in [2.75, 3.05) is 12.4 Å². The molecule has 5 nitrogen and oxygen atoms in total. The number of aryl methyl sites for hydroxylation is 1. The van der Waals surface area contributed by atoms with Gasteiger partial charge in [-0.1, -0.05) is 29.8 Å². The Balaban J connectivity index is 2.26. The Morgan fingerprint density at radius 3 is 2.43 bits per heavy atom. The van der Waals surface area contributed by atoms with E-state index < -0.39 is 10.0 Å². The third-order valence-electron chi connectivity index (χ3n) is 3.25. The molecule has 0 fully saturated rings. The molecule has 0 spiro atoms. The number of nitrogens with one attached hydrogen (secondary N) is 2. The van der Waals surface area contributed by atoms with E-state index in [2.05, 4.69) is 15.0 Å². The molecule has 0 saturated carbocycles. The largest absolute Gasteiger partial charge is 0.387 e. The normalized spacial score (nSPS) is 12.9. The predicted molar refractivity (Wildman–Crippen MR) is 83.7 cm³/mol. The fraction of sp³-hybridized carbons (Fsp3) is 0.267. The third kappa shape index (κ3) is 3.59. The van der Waals surface area contributed by atoms with Crippen molar-refractivity contribution in [3.8, 4) is 0 Å². The van der Waals surface area contributed by atoms with Crippen LogP contribution in [0.4, 0.5) is 5.69 Å². The zero-order valence-electron chi connectivity index (χ0n) is 12.3. The Kier molecular flexibility index (Phi) is 4.59. The molecule has 112 valence electrons. The molecule has 6 heteroatoms. The lowest BCUT2D eigenvalue weighted by molar-refractivity contribution is 0.567. The number of benzene rings is 1. The van der Waals surface area contributed by atoms with Gasteiger partial charge in [0, 0.05) is 25.5 Å². The molecule has 1 aromatic carbocycles. The first-order chi connectivity index (χ1) is 9.94. The Morgan fingerprint density at radius 1 is 1.14 bits per heavy atom. The summed E-state index contributed by atoms with van der Waals surface area (Å²) in [7, 11) is -1.96. The number of hydrogen-bond acceptors (Lipinski definition) is 4. The first kappa shape index (κ1) is 15.5. The highest BCUT2D eigenvalue weighted by Crippen LogP contribution is 2.22. The summed E-state index contributed by atoms with van der Waals surface area (Å²) in [5, 5.41) is 2.86. The van der Waals surface area contributed by atoms with E-state index in [1.54, 1.807) is 19.3 Å². The highest BCUT2D eigenvalue weighted by Gasteiger charge is 2.21. The molecule has 1 unspecified atom stereocenters. The number of hydrogen-bond donors (Lipinski definition) is 2. The zero-order chi connectivity index (χ0) is 15.5. The second-order valence-electron chi connectivity index (χ2n) is 4.88. The van der Waals surface area contributed by atoms with Crippen LogP contribution in [0.15, 0.2) is 47.6 Å². The smallest absolute Gasteiger partial charge is 0.244 e. The molecule has 1 aromatic heterocycles. The van der Waals surface area contributed by atoms with Crippen LogP contribution >= 0.6 is 0 Å². The van der Waals surface area contributed by atoms with Crippen molar-refractivity contribution in [2.45, 2.75) is 24.8 Å². The van der Waals surface area contributed by atoms with E-state index in [1.165, 1.54) is 6.20 Å². The monoisotopic (exact) mass is 305 g/mol. The number of pyridine rings is 1. The van der Waals surface area contributed by atoms with E-state index in [1.807, 2.05) is 38.1 Å². The van der Waals surface area contributed by atoms with Crippen molar-refractivity contribution in [2.24, 2.45) is 0 Å². The molecule has 0 aliphatic heterocycles. The summed E-state index contributed by atoms with van der Waals surface area (Å²) in [6.07, 6.45) is 2.89. The van der Waals surface area contributed by atoms with Crippen LogP contribution < -0.4 is 10.0 Å². The van der Waals surface area contributed by atoms with Gasteiger partial charge < -0.3 is 5.32 Å². The molecule has 0 aliphatic carbocycles. The van der Waals surface area contributed by atoms with E-state index in [-0.39, 0.29) is 10.9 Å². The second kappa shape index (κ2) is 6.24. The highest BCUT2D eigenvalue weighted by atomic mass is 32.2. The maximum atomic E-state index is 12.5. The minimum Gasteiger partial charge on any atom is -0.387 e. The fourth-order valence-corrected chi connectivity index (χ4v) is 3.41. The summed E-state index contributed by atoms with van der Waals surface area (Å²) in [6.45, 7) is 3.81. The van der Waals surface area contributed by atoms with Crippen LogP contribution in [-0.4, -0.2) is 20.4 Å². The van der Waals surface area contributed by atoms with E-state index in [9.17, 15) is 8.42 Å². The van der Waals surface area contributed by atoms with Crippen LogP contribution in [0.1, 0.15) is 24.1 Å². The minimum absolute atomic E-state index is 0.145. The van der Waals surface area contributed by atoms with Gasteiger partial charge in [0.25, 0.3) is 0 Å². The van der Waals surface area contributed by atoms with Crippen molar-refractivity contribution < 1.29 is 8.42 Å². The van der Waals surface area contributed by atoms with Crippen LogP contribution in [-0.2, 0) is 10.0 Å². The number of rotatable bonds is 5. The van der Waals surface area contributed by atoms with E-state index in [0.29, 0.717) is 5.69 Å². The lowest BCUT2D eigenvalue weighted by Gasteiger charge is -2.16. The summed E-state index contributed by atoms with van der Waals surface area (Å²) < 4.78 is 27.6. The maximum Gasteiger partial charge on any atom is 0.244 e. The number of nitrogens with zero attached hydrogens (tertiary/aromatic N) is 1. The quantitative estimate of drug-likeness (QED) is 0.890. The third-order valence-corrected chi connectivity index (χ3v) is 4.82. The van der Waals surface area contributed by atoms with Gasteiger partial charge in [0.1, 0.15) is 4.90 Å². The van der Waals surface area contributed by atoms with Crippen LogP contribution in [0.25, 0.3) is 0 Å². The average Bonchev–Trinajstić information content (AvgIpc) is 2.47. The van der Waals surface area contributed by atoms with Crippen molar-refractivity contribution in [3.63, 3.8) is 0 Å². The molecule has 2 rings (SSSR count). The van der Waals surface area contributed by atoms with Crippen LogP contribution in [0.3, 0.4) is 0 Å². The minimum atomic E-state index is -3.64. The zero-order valence-corrected chi connectivity index (χ0v) is 13.1. The molecule has 2 N–H and O–H groups in total. The Hall–Kier alpha value is -1.92. The van der Waals surface area contributed by atoms with E-state index in [0.717, 1.165) is 11.1 Å². The van der Waals surface area contributed by atoms with Gasteiger partial charge in [-0.15, -0.1) is 0 Å². The summed E-state index contributed by atoms with van der Waals surface area (Å²) in [4.78, 5) is 4.04. The topological polar surface area (TPSA) is 71.1 Å². The maximum absolute atomic E-state index is 12.5. The first-order valence-electron chi connectivity index (χ1n) is 6.64. The van der Waals surface area contributed by atoms with E-state index in [4.69, 9.17) is 0 Å². The Morgan fingerprint density at radius 2 is 1.81 bits per heavy atom. The molecular formula is C15H19N3O2S.